The van der Waals surface area contributed by atoms with Crippen molar-refractivity contribution in [1.29, 1.82) is 0 Å². The molecule has 0 saturated carbocycles. The highest BCUT2D eigenvalue weighted by Gasteiger charge is 2.10. The summed E-state index contributed by atoms with van der Waals surface area (Å²) in [6.07, 6.45) is 2.22. The van der Waals surface area contributed by atoms with E-state index in [1.165, 1.54) is 0 Å². The second kappa shape index (κ2) is 6.15. The van der Waals surface area contributed by atoms with Gasteiger partial charge in [-0.25, -0.2) is 4.98 Å². The third-order valence-corrected chi connectivity index (χ3v) is 2.13. The lowest BCUT2D eigenvalue weighted by Crippen LogP contribution is -2.10. The Balaban J connectivity index is 2.81. The molecule has 0 aromatic carbocycles. The van der Waals surface area contributed by atoms with Gasteiger partial charge in [-0.05, 0) is 20.3 Å². The summed E-state index contributed by atoms with van der Waals surface area (Å²) in [6.45, 7) is 7.29. The monoisotopic (exact) mass is 224 g/mol. The first kappa shape index (κ1) is 12.5. The summed E-state index contributed by atoms with van der Waals surface area (Å²) in [5, 5.41) is 3.20. The molecule has 0 radical (unpaired) electrons. The fourth-order valence-electron chi connectivity index (χ4n) is 1.32. The predicted molar refractivity (Wildman–Crippen MR) is 65.7 cm³/mol. The molecule has 0 spiro atoms. The van der Waals surface area contributed by atoms with E-state index in [4.69, 9.17) is 10.5 Å². The van der Waals surface area contributed by atoms with Gasteiger partial charge in [0.05, 0.1) is 6.61 Å². The number of nitrogen functional groups attached to an aromatic ring is 1. The van der Waals surface area contributed by atoms with Crippen LogP contribution >= 0.6 is 0 Å². The van der Waals surface area contributed by atoms with Crippen LogP contribution in [-0.4, -0.2) is 23.1 Å². The second-order valence-corrected chi connectivity index (χ2v) is 3.55. The summed E-state index contributed by atoms with van der Waals surface area (Å²) >= 11 is 0. The number of hydrogen-bond acceptors (Lipinski definition) is 5. The van der Waals surface area contributed by atoms with Crippen LogP contribution in [0, 0.1) is 6.92 Å². The number of hydrogen-bond donors (Lipinski definition) is 2. The highest BCUT2D eigenvalue weighted by molar-refractivity contribution is 5.66. The first-order valence-electron chi connectivity index (χ1n) is 5.69. The van der Waals surface area contributed by atoms with Crippen molar-refractivity contribution in [3.05, 3.63) is 5.82 Å². The Morgan fingerprint density at radius 2 is 2.06 bits per heavy atom. The zero-order chi connectivity index (χ0) is 12.0. The van der Waals surface area contributed by atoms with Gasteiger partial charge >= 0.3 is 0 Å². The molecule has 1 rings (SSSR count). The fraction of sp³-hybridized carbons (Fsp3) is 0.636. The molecular weight excluding hydrogens is 204 g/mol. The van der Waals surface area contributed by atoms with Gasteiger partial charge in [0, 0.05) is 6.54 Å². The Hall–Kier alpha value is -1.52. The molecule has 0 aliphatic heterocycles. The molecule has 16 heavy (non-hydrogen) atoms. The van der Waals surface area contributed by atoms with Crippen LogP contribution in [0.5, 0.6) is 5.88 Å². The van der Waals surface area contributed by atoms with E-state index in [0.29, 0.717) is 29.8 Å². The summed E-state index contributed by atoms with van der Waals surface area (Å²) in [7, 11) is 0. The number of nitrogens with two attached hydrogens (primary N) is 1. The van der Waals surface area contributed by atoms with E-state index in [1.807, 2.05) is 13.8 Å². The Bertz CT molecular complexity index is 341. The Kier molecular flexibility index (Phi) is 4.82. The van der Waals surface area contributed by atoms with Crippen LogP contribution in [0.4, 0.5) is 11.5 Å². The molecule has 3 N–H and O–H groups in total. The minimum atomic E-state index is 0.467. The van der Waals surface area contributed by atoms with Crippen LogP contribution < -0.4 is 15.8 Å². The predicted octanol–water partition coefficient (Wildman–Crippen LogP) is 1.98. The minimum absolute atomic E-state index is 0.467. The molecule has 0 atom stereocenters. The zero-order valence-corrected chi connectivity index (χ0v) is 10.2. The molecule has 5 heteroatoms. The van der Waals surface area contributed by atoms with Crippen LogP contribution in [0.15, 0.2) is 0 Å². The molecule has 0 amide bonds. The summed E-state index contributed by atoms with van der Waals surface area (Å²) < 4.78 is 5.35. The second-order valence-electron chi connectivity index (χ2n) is 3.55. The van der Waals surface area contributed by atoms with Crippen molar-refractivity contribution in [3.63, 3.8) is 0 Å². The maximum Gasteiger partial charge on any atom is 0.242 e. The number of aryl methyl sites for hydroxylation is 1. The molecule has 1 aromatic heterocycles. The third kappa shape index (κ3) is 3.25. The van der Waals surface area contributed by atoms with Gasteiger partial charge in [-0.1, -0.05) is 13.3 Å². The quantitative estimate of drug-likeness (QED) is 0.723. The normalized spacial score (nSPS) is 10.2. The molecule has 90 valence electrons. The van der Waals surface area contributed by atoms with Gasteiger partial charge in [-0.2, -0.15) is 4.98 Å². The lowest BCUT2D eigenvalue weighted by atomic mass is 10.3. The van der Waals surface area contributed by atoms with Crippen LogP contribution in [0.25, 0.3) is 0 Å². The van der Waals surface area contributed by atoms with Gasteiger partial charge in [0.2, 0.25) is 5.88 Å². The average molecular weight is 224 g/mol. The fourth-order valence-corrected chi connectivity index (χ4v) is 1.32. The van der Waals surface area contributed by atoms with Crippen molar-refractivity contribution in [3.8, 4) is 5.88 Å². The minimum Gasteiger partial charge on any atom is -0.476 e. The van der Waals surface area contributed by atoms with E-state index in [9.17, 15) is 0 Å². The van der Waals surface area contributed by atoms with E-state index in [2.05, 4.69) is 22.2 Å². The molecule has 0 unspecified atom stereocenters. The Morgan fingerprint density at radius 1 is 1.31 bits per heavy atom. The van der Waals surface area contributed by atoms with Gasteiger partial charge in [-0.15, -0.1) is 0 Å². The molecule has 0 saturated heterocycles. The number of rotatable bonds is 6. The van der Waals surface area contributed by atoms with E-state index < -0.39 is 0 Å². The summed E-state index contributed by atoms with van der Waals surface area (Å²) in [4.78, 5) is 8.41. The molecule has 0 fully saturated rings. The maximum atomic E-state index is 5.91. The first-order chi connectivity index (χ1) is 7.69. The number of unbranched alkanes of at least 4 members (excludes halogenated alkanes) is 1. The number of nitrogens with one attached hydrogen (secondary N) is 1. The molecule has 5 nitrogen and oxygen atoms in total. The van der Waals surface area contributed by atoms with Gasteiger partial charge in [-0.3, -0.25) is 0 Å². The van der Waals surface area contributed by atoms with E-state index >= 15 is 0 Å². The van der Waals surface area contributed by atoms with Gasteiger partial charge in [0.1, 0.15) is 11.5 Å². The van der Waals surface area contributed by atoms with E-state index in [0.717, 1.165) is 19.4 Å². The highest BCUT2D eigenvalue weighted by Crippen LogP contribution is 2.25. The number of aromatic nitrogens is 2. The van der Waals surface area contributed by atoms with Crippen LogP contribution in [0.1, 0.15) is 32.5 Å². The third-order valence-electron chi connectivity index (χ3n) is 2.13. The average Bonchev–Trinajstić information content (AvgIpc) is 2.25. The van der Waals surface area contributed by atoms with Gasteiger partial charge < -0.3 is 15.8 Å². The van der Waals surface area contributed by atoms with Crippen molar-refractivity contribution in [1.82, 2.24) is 9.97 Å². The molecule has 1 heterocycles. The Labute approximate surface area is 96.4 Å². The number of nitrogens with zero attached hydrogens (tertiary/aromatic N) is 2. The summed E-state index contributed by atoms with van der Waals surface area (Å²) in [5.41, 5.74) is 6.40. The van der Waals surface area contributed by atoms with E-state index in [1.54, 1.807) is 0 Å². The maximum absolute atomic E-state index is 5.91. The highest BCUT2D eigenvalue weighted by atomic mass is 16.5. The van der Waals surface area contributed by atoms with Gasteiger partial charge in [0.25, 0.3) is 0 Å². The smallest absolute Gasteiger partial charge is 0.242 e. The lowest BCUT2D eigenvalue weighted by Gasteiger charge is -2.12. The largest absolute Gasteiger partial charge is 0.476 e. The van der Waals surface area contributed by atoms with Gasteiger partial charge in [0.15, 0.2) is 5.82 Å². The zero-order valence-electron chi connectivity index (χ0n) is 10.2. The van der Waals surface area contributed by atoms with Crippen molar-refractivity contribution in [2.45, 2.75) is 33.6 Å². The SMILES string of the molecule is CCCCNc1nc(C)nc(OCC)c1N. The lowest BCUT2D eigenvalue weighted by molar-refractivity contribution is 0.327. The molecule has 0 bridgehead atoms. The van der Waals surface area contributed by atoms with Crippen molar-refractivity contribution in [2.75, 3.05) is 24.2 Å². The van der Waals surface area contributed by atoms with Crippen LogP contribution in [0.2, 0.25) is 0 Å². The Morgan fingerprint density at radius 3 is 2.69 bits per heavy atom. The standard InChI is InChI=1S/C11H20N4O/c1-4-6-7-13-10-9(12)11(16-5-2)15-8(3)14-10/h4-7,12H2,1-3H3,(H,13,14,15). The molecular formula is C11H20N4O. The molecule has 0 aliphatic rings. The van der Waals surface area contributed by atoms with Crippen LogP contribution in [0.3, 0.4) is 0 Å². The van der Waals surface area contributed by atoms with Crippen LogP contribution in [-0.2, 0) is 0 Å². The summed E-state index contributed by atoms with van der Waals surface area (Å²) in [5.74, 6) is 1.80. The van der Waals surface area contributed by atoms with Crippen molar-refractivity contribution >= 4 is 11.5 Å². The number of ether oxygens (including phenoxy) is 1. The summed E-state index contributed by atoms with van der Waals surface area (Å²) in [6, 6.07) is 0. The van der Waals surface area contributed by atoms with Crippen molar-refractivity contribution in [2.24, 2.45) is 0 Å². The first-order valence-corrected chi connectivity index (χ1v) is 5.69. The molecule has 0 aliphatic carbocycles. The topological polar surface area (TPSA) is 73.1 Å². The molecule has 1 aromatic rings. The van der Waals surface area contributed by atoms with Crippen molar-refractivity contribution < 1.29 is 4.74 Å². The number of anilines is 2. The van der Waals surface area contributed by atoms with E-state index in [-0.39, 0.29) is 0 Å².